The van der Waals surface area contributed by atoms with Gasteiger partial charge in [0.15, 0.2) is 0 Å². The van der Waals surface area contributed by atoms with Crippen LogP contribution in [0.1, 0.15) is 12.5 Å². The van der Waals surface area contributed by atoms with E-state index in [1.165, 1.54) is 30.3 Å². The Balaban J connectivity index is 2.03. The van der Waals surface area contributed by atoms with Gasteiger partial charge in [-0.15, -0.1) is 0 Å². The molecule has 0 aliphatic carbocycles. The van der Waals surface area contributed by atoms with Crippen molar-refractivity contribution in [3.05, 3.63) is 89.8 Å². The van der Waals surface area contributed by atoms with E-state index in [1.54, 1.807) is 43.6 Å². The summed E-state index contributed by atoms with van der Waals surface area (Å²) in [5.41, 5.74) is 0.668. The zero-order valence-corrected chi connectivity index (χ0v) is 16.0. The minimum atomic E-state index is -0.910. The van der Waals surface area contributed by atoms with Gasteiger partial charge in [-0.05, 0) is 54.4 Å². The molecule has 3 aromatic rings. The fourth-order valence-corrected chi connectivity index (χ4v) is 2.69. The second-order valence-electron chi connectivity index (χ2n) is 6.12. The third kappa shape index (κ3) is 4.75. The Hall–Kier alpha value is -3.87. The zero-order chi connectivity index (χ0) is 21.5. The number of para-hydroxylation sites is 1. The van der Waals surface area contributed by atoms with Gasteiger partial charge in [-0.1, -0.05) is 18.2 Å². The van der Waals surface area contributed by atoms with Crippen molar-refractivity contribution in [1.29, 1.82) is 0 Å². The summed E-state index contributed by atoms with van der Waals surface area (Å²) in [6.07, 6.45) is 4.12. The molecule has 0 atom stereocenters. The maximum absolute atomic E-state index is 14.8. The fraction of sp³-hybridized carbons (Fsp3) is 0.0870. The maximum Gasteiger partial charge on any atom is 0.343 e. The number of aliphatic imine (C=N–C) groups is 1. The van der Waals surface area contributed by atoms with Crippen LogP contribution in [0.2, 0.25) is 0 Å². The first-order valence-electron chi connectivity index (χ1n) is 9.10. The molecule has 7 heteroatoms. The predicted molar refractivity (Wildman–Crippen MR) is 110 cm³/mol. The van der Waals surface area contributed by atoms with Gasteiger partial charge in [-0.2, -0.15) is 0 Å². The highest BCUT2D eigenvalue weighted by Crippen LogP contribution is 2.26. The number of hydrogen-bond donors (Lipinski definition) is 1. The molecule has 0 amide bonds. The normalized spacial score (nSPS) is 12.0. The van der Waals surface area contributed by atoms with Crippen molar-refractivity contribution >= 4 is 23.6 Å². The molecule has 0 spiro atoms. The molecule has 5 nitrogen and oxygen atoms in total. The first-order chi connectivity index (χ1) is 14.5. The molecule has 30 heavy (non-hydrogen) atoms. The number of benzene rings is 2. The van der Waals surface area contributed by atoms with Gasteiger partial charge >= 0.3 is 5.97 Å². The minimum Gasteiger partial charge on any atom is -0.506 e. The van der Waals surface area contributed by atoms with Crippen LogP contribution in [-0.2, 0) is 9.53 Å². The van der Waals surface area contributed by atoms with Crippen molar-refractivity contribution in [3.8, 4) is 11.1 Å². The number of aliphatic hydroxyl groups excluding tert-OH is 1. The summed E-state index contributed by atoms with van der Waals surface area (Å²) in [5, 5.41) is 10.6. The number of halogens is 2. The van der Waals surface area contributed by atoms with Crippen molar-refractivity contribution in [2.45, 2.75) is 6.92 Å². The summed E-state index contributed by atoms with van der Waals surface area (Å²) in [4.78, 5) is 20.1. The number of ether oxygens (including phenoxy) is 1. The van der Waals surface area contributed by atoms with Crippen LogP contribution in [-0.4, -0.2) is 28.9 Å². The zero-order valence-electron chi connectivity index (χ0n) is 16.0. The Kier molecular flexibility index (Phi) is 6.64. The number of carbonyl (C=O) groups is 1. The number of esters is 1. The van der Waals surface area contributed by atoms with Gasteiger partial charge in [0, 0.05) is 18.6 Å². The standard InChI is InChI=1S/C23H18F2N2O3/c1-2-30-23(29)18(14-27-21-6-4-3-5-19(21)24)22(28)17-8-7-16(13-20(17)25)15-9-11-26-12-10-15/h3-14,28H,2H2,1H3/b22-18+,27-14?. The molecule has 0 bridgehead atoms. The largest absolute Gasteiger partial charge is 0.506 e. The number of carbonyl (C=O) groups excluding carboxylic acids is 1. The van der Waals surface area contributed by atoms with E-state index in [0.29, 0.717) is 5.56 Å². The molecular weight excluding hydrogens is 390 g/mol. The van der Waals surface area contributed by atoms with Crippen molar-refractivity contribution in [3.63, 3.8) is 0 Å². The van der Waals surface area contributed by atoms with Crippen LogP contribution < -0.4 is 0 Å². The third-order valence-electron chi connectivity index (χ3n) is 4.17. The van der Waals surface area contributed by atoms with E-state index in [9.17, 15) is 18.7 Å². The summed E-state index contributed by atoms with van der Waals surface area (Å²) < 4.78 is 33.5. The van der Waals surface area contributed by atoms with E-state index in [-0.39, 0.29) is 17.9 Å². The molecular formula is C23H18F2N2O3. The molecule has 0 fully saturated rings. The van der Waals surface area contributed by atoms with Crippen molar-refractivity contribution in [1.82, 2.24) is 4.98 Å². The first-order valence-corrected chi connectivity index (χ1v) is 9.10. The second-order valence-corrected chi connectivity index (χ2v) is 6.12. The molecule has 2 aromatic carbocycles. The lowest BCUT2D eigenvalue weighted by Gasteiger charge is -2.09. The van der Waals surface area contributed by atoms with Gasteiger partial charge in [0.1, 0.15) is 23.0 Å². The van der Waals surface area contributed by atoms with E-state index in [4.69, 9.17) is 4.74 Å². The lowest BCUT2D eigenvalue weighted by atomic mass is 10.0. The Morgan fingerprint density at radius 2 is 1.80 bits per heavy atom. The van der Waals surface area contributed by atoms with E-state index >= 15 is 0 Å². The number of rotatable bonds is 6. The van der Waals surface area contributed by atoms with Crippen LogP contribution in [0.5, 0.6) is 0 Å². The van der Waals surface area contributed by atoms with Crippen LogP contribution in [0, 0.1) is 11.6 Å². The lowest BCUT2D eigenvalue weighted by molar-refractivity contribution is -0.137. The summed E-state index contributed by atoms with van der Waals surface area (Å²) in [7, 11) is 0. The molecule has 0 aliphatic heterocycles. The minimum absolute atomic E-state index is 0.0343. The molecule has 1 heterocycles. The number of aliphatic hydroxyl groups is 1. The number of aromatic nitrogens is 1. The molecule has 0 radical (unpaired) electrons. The van der Waals surface area contributed by atoms with Gasteiger partial charge in [0.05, 0.1) is 17.9 Å². The third-order valence-corrected chi connectivity index (χ3v) is 4.17. The molecule has 0 saturated carbocycles. The fourth-order valence-electron chi connectivity index (χ4n) is 2.69. The van der Waals surface area contributed by atoms with Crippen LogP contribution in [0.25, 0.3) is 16.9 Å². The summed E-state index contributed by atoms with van der Waals surface area (Å²) in [5.74, 6) is -2.92. The number of nitrogens with zero attached hydrogens (tertiary/aromatic N) is 2. The molecule has 1 N–H and O–H groups in total. The Morgan fingerprint density at radius 3 is 2.47 bits per heavy atom. The number of pyridine rings is 1. The van der Waals surface area contributed by atoms with Crippen molar-refractivity contribution < 1.29 is 23.4 Å². The Morgan fingerprint density at radius 1 is 1.07 bits per heavy atom. The average molecular weight is 408 g/mol. The highest BCUT2D eigenvalue weighted by atomic mass is 19.1. The Bertz CT molecular complexity index is 1110. The predicted octanol–water partition coefficient (Wildman–Crippen LogP) is 5.26. The molecule has 3 rings (SSSR count). The van der Waals surface area contributed by atoms with E-state index < -0.39 is 28.9 Å². The van der Waals surface area contributed by atoms with Crippen molar-refractivity contribution in [2.75, 3.05) is 6.61 Å². The number of hydrogen-bond acceptors (Lipinski definition) is 5. The van der Waals surface area contributed by atoms with Gasteiger partial charge in [0.25, 0.3) is 0 Å². The van der Waals surface area contributed by atoms with E-state index in [0.717, 1.165) is 11.8 Å². The maximum atomic E-state index is 14.8. The topological polar surface area (TPSA) is 71.8 Å². The Labute approximate surface area is 172 Å². The van der Waals surface area contributed by atoms with E-state index in [1.807, 2.05) is 0 Å². The highest BCUT2D eigenvalue weighted by Gasteiger charge is 2.19. The molecule has 152 valence electrons. The monoisotopic (exact) mass is 408 g/mol. The smallest absolute Gasteiger partial charge is 0.343 e. The summed E-state index contributed by atoms with van der Waals surface area (Å²) >= 11 is 0. The van der Waals surface area contributed by atoms with Gasteiger partial charge in [-0.3, -0.25) is 9.98 Å². The van der Waals surface area contributed by atoms with Crippen LogP contribution >= 0.6 is 0 Å². The molecule has 1 aromatic heterocycles. The molecule has 0 unspecified atom stereocenters. The quantitative estimate of drug-likeness (QED) is 0.261. The van der Waals surface area contributed by atoms with Crippen LogP contribution in [0.4, 0.5) is 14.5 Å². The first kappa shape index (κ1) is 20.9. The second kappa shape index (κ2) is 9.56. The highest BCUT2D eigenvalue weighted by molar-refractivity contribution is 6.15. The van der Waals surface area contributed by atoms with Gasteiger partial charge in [-0.25, -0.2) is 13.6 Å². The summed E-state index contributed by atoms with van der Waals surface area (Å²) in [6, 6.07) is 13.3. The average Bonchev–Trinajstić information content (AvgIpc) is 2.75. The lowest BCUT2D eigenvalue weighted by Crippen LogP contribution is -2.12. The van der Waals surface area contributed by atoms with Crippen LogP contribution in [0.15, 0.2) is 77.6 Å². The van der Waals surface area contributed by atoms with Gasteiger partial charge < -0.3 is 9.84 Å². The SMILES string of the molecule is CCOC(=O)/C(C=Nc1ccccc1F)=C(/O)c1ccc(-c2ccncc2)cc1F. The van der Waals surface area contributed by atoms with E-state index in [2.05, 4.69) is 9.98 Å². The molecule has 0 aliphatic rings. The van der Waals surface area contributed by atoms with Gasteiger partial charge in [0.2, 0.25) is 0 Å². The molecule has 0 saturated heterocycles. The van der Waals surface area contributed by atoms with Crippen molar-refractivity contribution in [2.24, 2.45) is 4.99 Å². The van der Waals surface area contributed by atoms with Crippen LogP contribution in [0.3, 0.4) is 0 Å². The summed E-state index contributed by atoms with van der Waals surface area (Å²) in [6.45, 7) is 1.62.